The van der Waals surface area contributed by atoms with Crippen LogP contribution < -0.4 is 4.74 Å². The number of aliphatic carboxylic acids is 1. The first-order chi connectivity index (χ1) is 11.2. The number of amides is 1. The Bertz CT molecular complexity index is 648. The smallest absolute Gasteiger partial charge is 0.481 e. The van der Waals surface area contributed by atoms with Crippen molar-refractivity contribution in [2.45, 2.75) is 25.6 Å². The summed E-state index contributed by atoms with van der Waals surface area (Å²) >= 11 is 0. The SMILES string of the molecule is O=C(O)C1CC12CCN(C(=O)c1ccc(OC(F)(F)F)cc1)CC2. The maximum atomic E-state index is 12.4. The van der Waals surface area contributed by atoms with Crippen LogP contribution in [0.5, 0.6) is 5.75 Å². The van der Waals surface area contributed by atoms with E-state index in [-0.39, 0.29) is 28.6 Å². The van der Waals surface area contributed by atoms with Gasteiger partial charge >= 0.3 is 12.3 Å². The molecule has 1 N–H and O–H groups in total. The largest absolute Gasteiger partial charge is 0.573 e. The van der Waals surface area contributed by atoms with E-state index in [1.807, 2.05) is 0 Å². The lowest BCUT2D eigenvalue weighted by Crippen LogP contribution is -2.40. The summed E-state index contributed by atoms with van der Waals surface area (Å²) < 4.78 is 40.1. The predicted octanol–water partition coefficient (Wildman–Crippen LogP) is 2.91. The van der Waals surface area contributed by atoms with Crippen LogP contribution in [0.4, 0.5) is 13.2 Å². The molecule has 3 rings (SSSR count). The highest BCUT2D eigenvalue weighted by Crippen LogP contribution is 2.59. The van der Waals surface area contributed by atoms with Crippen molar-refractivity contribution < 1.29 is 32.6 Å². The molecule has 0 aromatic heterocycles. The Morgan fingerprint density at radius 3 is 2.21 bits per heavy atom. The Morgan fingerprint density at radius 1 is 1.17 bits per heavy atom. The van der Waals surface area contributed by atoms with Gasteiger partial charge in [0.25, 0.3) is 5.91 Å². The lowest BCUT2D eigenvalue weighted by atomic mass is 9.90. The molecule has 0 bridgehead atoms. The van der Waals surface area contributed by atoms with E-state index in [1.165, 1.54) is 12.1 Å². The Labute approximate surface area is 136 Å². The fourth-order valence-corrected chi connectivity index (χ4v) is 3.39. The van der Waals surface area contributed by atoms with Crippen LogP contribution in [0.3, 0.4) is 0 Å². The van der Waals surface area contributed by atoms with Crippen molar-refractivity contribution in [1.29, 1.82) is 0 Å². The number of ether oxygens (including phenoxy) is 1. The lowest BCUT2D eigenvalue weighted by molar-refractivity contribution is -0.274. The molecule has 2 aliphatic rings. The summed E-state index contributed by atoms with van der Waals surface area (Å²) in [6.45, 7) is 0.923. The molecule has 130 valence electrons. The summed E-state index contributed by atoms with van der Waals surface area (Å²) in [6.07, 6.45) is -2.82. The van der Waals surface area contributed by atoms with Crippen molar-refractivity contribution in [2.24, 2.45) is 11.3 Å². The van der Waals surface area contributed by atoms with E-state index in [0.717, 1.165) is 12.1 Å². The molecule has 1 saturated heterocycles. The van der Waals surface area contributed by atoms with Gasteiger partial charge in [-0.1, -0.05) is 0 Å². The number of carbonyl (C=O) groups is 2. The van der Waals surface area contributed by atoms with Crippen molar-refractivity contribution in [2.75, 3.05) is 13.1 Å². The molecule has 1 saturated carbocycles. The quantitative estimate of drug-likeness (QED) is 0.916. The van der Waals surface area contributed by atoms with E-state index in [2.05, 4.69) is 4.74 Å². The molecule has 1 amide bonds. The minimum atomic E-state index is -4.77. The van der Waals surface area contributed by atoms with Crippen molar-refractivity contribution in [3.05, 3.63) is 29.8 Å². The normalized spacial score (nSPS) is 22.3. The van der Waals surface area contributed by atoms with Crippen LogP contribution in [0.25, 0.3) is 0 Å². The summed E-state index contributed by atoms with van der Waals surface area (Å²) in [5.74, 6) is -1.74. The summed E-state index contributed by atoms with van der Waals surface area (Å²) in [4.78, 5) is 25.0. The molecule has 1 aliphatic heterocycles. The molecule has 24 heavy (non-hydrogen) atoms. The van der Waals surface area contributed by atoms with Crippen molar-refractivity contribution >= 4 is 11.9 Å². The van der Waals surface area contributed by atoms with Crippen molar-refractivity contribution in [3.8, 4) is 5.75 Å². The van der Waals surface area contributed by atoms with E-state index in [0.29, 0.717) is 32.4 Å². The minimum absolute atomic E-state index is 0.174. The maximum Gasteiger partial charge on any atom is 0.573 e. The Morgan fingerprint density at radius 2 is 1.75 bits per heavy atom. The van der Waals surface area contributed by atoms with Gasteiger partial charge in [0.2, 0.25) is 0 Å². The van der Waals surface area contributed by atoms with Gasteiger partial charge in [-0.2, -0.15) is 0 Å². The Hall–Kier alpha value is -2.25. The van der Waals surface area contributed by atoms with Crippen LogP contribution in [0.2, 0.25) is 0 Å². The van der Waals surface area contributed by atoms with Gasteiger partial charge < -0.3 is 14.7 Å². The van der Waals surface area contributed by atoms with Crippen LogP contribution >= 0.6 is 0 Å². The predicted molar refractivity (Wildman–Crippen MR) is 76.4 cm³/mol. The van der Waals surface area contributed by atoms with Gasteiger partial charge in [-0.25, -0.2) is 0 Å². The number of likely N-dealkylation sites (tertiary alicyclic amines) is 1. The zero-order chi connectivity index (χ0) is 17.5. The number of rotatable bonds is 3. The molecule has 5 nitrogen and oxygen atoms in total. The highest BCUT2D eigenvalue weighted by Gasteiger charge is 2.59. The molecule has 1 aliphatic carbocycles. The monoisotopic (exact) mass is 343 g/mol. The number of halogens is 3. The average Bonchev–Trinajstić information content (AvgIpc) is 3.21. The van der Waals surface area contributed by atoms with Gasteiger partial charge in [-0.3, -0.25) is 9.59 Å². The standard InChI is InChI=1S/C16H16F3NO4/c17-16(18,19)24-11-3-1-10(2-4-11)13(21)20-7-5-15(6-8-20)9-12(15)14(22)23/h1-4,12H,5-9H2,(H,22,23). The second-order valence-corrected chi connectivity index (χ2v) is 6.32. The van der Waals surface area contributed by atoms with Crippen molar-refractivity contribution in [3.63, 3.8) is 0 Å². The molecule has 1 unspecified atom stereocenters. The lowest BCUT2D eigenvalue weighted by Gasteiger charge is -2.32. The number of nitrogens with zero attached hydrogens (tertiary/aromatic N) is 1. The van der Waals surface area contributed by atoms with Gasteiger partial charge in [-0.15, -0.1) is 13.2 Å². The van der Waals surface area contributed by atoms with Gasteiger partial charge in [0.1, 0.15) is 5.75 Å². The molecule has 1 atom stereocenters. The fourth-order valence-electron chi connectivity index (χ4n) is 3.39. The number of carboxylic acids is 1. The van der Waals surface area contributed by atoms with E-state index in [4.69, 9.17) is 5.11 Å². The van der Waals surface area contributed by atoms with Crippen LogP contribution in [0.15, 0.2) is 24.3 Å². The number of carboxylic acid groups (broad SMARTS) is 1. The summed E-state index contributed by atoms with van der Waals surface area (Å²) in [5, 5.41) is 9.06. The second-order valence-electron chi connectivity index (χ2n) is 6.32. The third kappa shape index (κ3) is 3.32. The number of benzene rings is 1. The van der Waals surface area contributed by atoms with E-state index >= 15 is 0 Å². The van der Waals surface area contributed by atoms with Crippen LogP contribution in [0, 0.1) is 11.3 Å². The first kappa shape index (κ1) is 16.6. The first-order valence-electron chi connectivity index (χ1n) is 7.58. The van der Waals surface area contributed by atoms with Crippen LogP contribution in [-0.4, -0.2) is 41.3 Å². The summed E-state index contributed by atoms with van der Waals surface area (Å²) in [5.41, 5.74) is 0.110. The van der Waals surface area contributed by atoms with Crippen LogP contribution in [0.1, 0.15) is 29.6 Å². The van der Waals surface area contributed by atoms with E-state index < -0.39 is 12.3 Å². The first-order valence-corrected chi connectivity index (χ1v) is 7.58. The average molecular weight is 343 g/mol. The van der Waals surface area contributed by atoms with Gasteiger partial charge in [0.15, 0.2) is 0 Å². The minimum Gasteiger partial charge on any atom is -0.481 e. The number of carbonyl (C=O) groups excluding carboxylic acids is 1. The molecular formula is C16H16F3NO4. The number of hydrogen-bond acceptors (Lipinski definition) is 3. The molecular weight excluding hydrogens is 327 g/mol. The van der Waals surface area contributed by atoms with Gasteiger partial charge in [0, 0.05) is 18.7 Å². The molecule has 1 heterocycles. The Kier molecular flexibility index (Phi) is 3.93. The second kappa shape index (κ2) is 5.68. The number of hydrogen-bond donors (Lipinski definition) is 1. The van der Waals surface area contributed by atoms with E-state index in [9.17, 15) is 22.8 Å². The molecule has 2 fully saturated rings. The topological polar surface area (TPSA) is 66.8 Å². The molecule has 1 spiro atoms. The Balaban J connectivity index is 1.59. The van der Waals surface area contributed by atoms with Gasteiger partial charge in [-0.05, 0) is 48.9 Å². The van der Waals surface area contributed by atoms with Gasteiger partial charge in [0.05, 0.1) is 5.92 Å². The molecule has 0 radical (unpaired) electrons. The molecule has 8 heteroatoms. The number of alkyl halides is 3. The molecule has 1 aromatic rings. The maximum absolute atomic E-state index is 12.4. The number of piperidine rings is 1. The molecule has 1 aromatic carbocycles. The van der Waals surface area contributed by atoms with Crippen molar-refractivity contribution in [1.82, 2.24) is 4.90 Å². The summed E-state index contributed by atoms with van der Waals surface area (Å²) in [7, 11) is 0. The highest BCUT2D eigenvalue weighted by atomic mass is 19.4. The third-order valence-electron chi connectivity index (χ3n) is 4.87. The summed E-state index contributed by atoms with van der Waals surface area (Å²) in [6, 6.07) is 4.80. The zero-order valence-corrected chi connectivity index (χ0v) is 12.7. The van der Waals surface area contributed by atoms with E-state index in [1.54, 1.807) is 4.90 Å². The highest BCUT2D eigenvalue weighted by molar-refractivity contribution is 5.94. The zero-order valence-electron chi connectivity index (χ0n) is 12.7. The van der Waals surface area contributed by atoms with Crippen LogP contribution in [-0.2, 0) is 4.79 Å². The third-order valence-corrected chi connectivity index (χ3v) is 4.87. The fraction of sp³-hybridized carbons (Fsp3) is 0.500.